The van der Waals surface area contributed by atoms with Crippen LogP contribution in [0, 0.1) is 28.5 Å². The van der Waals surface area contributed by atoms with Crippen molar-refractivity contribution in [3.63, 3.8) is 0 Å². The SMILES string of the molecule is CCC(C)(C)C1CCC(C#N)(Nc2cccc(F)c2)CC1. The number of nitrogens with zero attached hydrogens (tertiary/aromatic N) is 1. The fraction of sp³-hybridized carbons (Fsp3) is 0.611. The Hall–Kier alpha value is -1.56. The van der Waals surface area contributed by atoms with E-state index in [1.54, 1.807) is 6.07 Å². The molecule has 1 aromatic rings. The third-order valence-electron chi connectivity index (χ3n) is 5.28. The number of anilines is 1. The van der Waals surface area contributed by atoms with Crippen LogP contribution in [0.5, 0.6) is 0 Å². The lowest BCUT2D eigenvalue weighted by Crippen LogP contribution is -2.43. The minimum absolute atomic E-state index is 0.270. The summed E-state index contributed by atoms with van der Waals surface area (Å²) in [6.45, 7) is 6.87. The van der Waals surface area contributed by atoms with E-state index in [2.05, 4.69) is 32.2 Å². The molecule has 1 aliphatic rings. The first-order valence-corrected chi connectivity index (χ1v) is 7.86. The Morgan fingerprint density at radius 1 is 1.38 bits per heavy atom. The molecule has 0 atom stereocenters. The molecule has 2 rings (SSSR count). The summed E-state index contributed by atoms with van der Waals surface area (Å²) >= 11 is 0. The van der Waals surface area contributed by atoms with Crippen molar-refractivity contribution in [1.29, 1.82) is 5.26 Å². The molecular formula is C18H25FN2. The molecule has 0 bridgehead atoms. The molecule has 1 N–H and O–H groups in total. The van der Waals surface area contributed by atoms with Gasteiger partial charge >= 0.3 is 0 Å². The van der Waals surface area contributed by atoms with Gasteiger partial charge in [0.05, 0.1) is 6.07 Å². The van der Waals surface area contributed by atoms with Crippen molar-refractivity contribution in [2.45, 2.75) is 58.4 Å². The van der Waals surface area contributed by atoms with Gasteiger partial charge in [0.2, 0.25) is 0 Å². The normalized spacial score (nSPS) is 26.1. The first-order valence-electron chi connectivity index (χ1n) is 7.86. The molecule has 0 aromatic heterocycles. The van der Waals surface area contributed by atoms with Crippen molar-refractivity contribution >= 4 is 5.69 Å². The van der Waals surface area contributed by atoms with Crippen LogP contribution in [0.1, 0.15) is 52.9 Å². The van der Waals surface area contributed by atoms with Crippen LogP contribution in [0.2, 0.25) is 0 Å². The molecule has 114 valence electrons. The zero-order chi connectivity index (χ0) is 15.5. The first-order chi connectivity index (χ1) is 9.91. The van der Waals surface area contributed by atoms with Crippen LogP contribution in [0.15, 0.2) is 24.3 Å². The Labute approximate surface area is 127 Å². The van der Waals surface area contributed by atoms with Gasteiger partial charge < -0.3 is 5.32 Å². The van der Waals surface area contributed by atoms with Crippen molar-refractivity contribution in [2.75, 3.05) is 5.32 Å². The molecule has 0 amide bonds. The fourth-order valence-electron chi connectivity index (χ4n) is 3.29. The van der Waals surface area contributed by atoms with E-state index < -0.39 is 5.54 Å². The molecule has 0 aliphatic heterocycles. The predicted molar refractivity (Wildman–Crippen MR) is 84.4 cm³/mol. The third-order valence-corrected chi connectivity index (χ3v) is 5.28. The topological polar surface area (TPSA) is 35.8 Å². The average Bonchev–Trinajstić information content (AvgIpc) is 2.48. The van der Waals surface area contributed by atoms with Crippen molar-refractivity contribution in [3.05, 3.63) is 30.1 Å². The first kappa shape index (κ1) is 15.8. The number of rotatable bonds is 4. The Bertz CT molecular complexity index is 522. The van der Waals surface area contributed by atoms with Crippen LogP contribution in [0.25, 0.3) is 0 Å². The van der Waals surface area contributed by atoms with Gasteiger partial charge in [0.15, 0.2) is 0 Å². The molecule has 1 aliphatic carbocycles. The molecule has 0 heterocycles. The molecule has 0 saturated heterocycles. The second-order valence-electron chi connectivity index (χ2n) is 6.95. The second-order valence-corrected chi connectivity index (χ2v) is 6.95. The van der Waals surface area contributed by atoms with Gasteiger partial charge in [-0.1, -0.05) is 33.3 Å². The second kappa shape index (κ2) is 6.05. The third kappa shape index (κ3) is 3.56. The summed E-state index contributed by atoms with van der Waals surface area (Å²) in [5.74, 6) is 0.396. The number of hydrogen-bond acceptors (Lipinski definition) is 2. The molecule has 0 unspecified atom stereocenters. The van der Waals surface area contributed by atoms with E-state index in [9.17, 15) is 9.65 Å². The summed E-state index contributed by atoms with van der Waals surface area (Å²) in [5, 5.41) is 12.9. The smallest absolute Gasteiger partial charge is 0.125 e. The van der Waals surface area contributed by atoms with Gasteiger partial charge in [0, 0.05) is 5.69 Å². The van der Waals surface area contributed by atoms with Crippen molar-refractivity contribution in [1.82, 2.24) is 0 Å². The maximum atomic E-state index is 13.3. The van der Waals surface area contributed by atoms with E-state index in [0.29, 0.717) is 17.0 Å². The molecule has 3 heteroatoms. The zero-order valence-corrected chi connectivity index (χ0v) is 13.2. The van der Waals surface area contributed by atoms with Crippen LogP contribution in [-0.4, -0.2) is 5.54 Å². The Kier molecular flexibility index (Phi) is 4.56. The highest BCUT2D eigenvalue weighted by Gasteiger charge is 2.39. The Morgan fingerprint density at radius 2 is 2.05 bits per heavy atom. The summed E-state index contributed by atoms with van der Waals surface area (Å²) in [6, 6.07) is 8.82. The highest BCUT2D eigenvalue weighted by atomic mass is 19.1. The van der Waals surface area contributed by atoms with Crippen molar-refractivity contribution in [3.8, 4) is 6.07 Å². The summed E-state index contributed by atoms with van der Waals surface area (Å²) in [4.78, 5) is 0. The maximum Gasteiger partial charge on any atom is 0.125 e. The highest BCUT2D eigenvalue weighted by molar-refractivity contribution is 5.48. The van der Waals surface area contributed by atoms with Gasteiger partial charge in [-0.15, -0.1) is 0 Å². The summed E-state index contributed by atoms with van der Waals surface area (Å²) < 4.78 is 13.3. The number of hydrogen-bond donors (Lipinski definition) is 1. The Morgan fingerprint density at radius 3 is 2.57 bits per heavy atom. The average molecular weight is 288 g/mol. The zero-order valence-electron chi connectivity index (χ0n) is 13.2. The lowest BCUT2D eigenvalue weighted by molar-refractivity contribution is 0.135. The van der Waals surface area contributed by atoms with E-state index in [1.807, 2.05) is 6.07 Å². The van der Waals surface area contributed by atoms with Gasteiger partial charge in [0.25, 0.3) is 0 Å². The lowest BCUT2D eigenvalue weighted by Gasteiger charge is -2.42. The van der Waals surface area contributed by atoms with Crippen LogP contribution in [-0.2, 0) is 0 Å². The van der Waals surface area contributed by atoms with Gasteiger partial charge in [-0.3, -0.25) is 0 Å². The molecule has 1 fully saturated rings. The molecular weight excluding hydrogens is 263 g/mol. The molecule has 1 saturated carbocycles. The van der Waals surface area contributed by atoms with E-state index in [1.165, 1.54) is 12.1 Å². The summed E-state index contributed by atoms with van der Waals surface area (Å²) in [6.07, 6.45) is 4.92. The van der Waals surface area contributed by atoms with E-state index in [4.69, 9.17) is 0 Å². The number of nitriles is 1. The molecule has 21 heavy (non-hydrogen) atoms. The quantitative estimate of drug-likeness (QED) is 0.834. The number of benzene rings is 1. The van der Waals surface area contributed by atoms with E-state index >= 15 is 0 Å². The van der Waals surface area contributed by atoms with Crippen LogP contribution in [0.4, 0.5) is 10.1 Å². The van der Waals surface area contributed by atoms with Gasteiger partial charge in [0.1, 0.15) is 11.4 Å². The van der Waals surface area contributed by atoms with Gasteiger partial charge in [-0.25, -0.2) is 4.39 Å². The largest absolute Gasteiger partial charge is 0.367 e. The highest BCUT2D eigenvalue weighted by Crippen LogP contribution is 2.44. The summed E-state index contributed by atoms with van der Waals surface area (Å²) in [5.41, 5.74) is 0.485. The number of nitrogens with one attached hydrogen (secondary N) is 1. The minimum atomic E-state index is -0.548. The van der Waals surface area contributed by atoms with Crippen LogP contribution in [0.3, 0.4) is 0 Å². The van der Waals surface area contributed by atoms with Crippen LogP contribution < -0.4 is 5.32 Å². The molecule has 0 radical (unpaired) electrons. The van der Waals surface area contributed by atoms with Gasteiger partial charge in [-0.05, 0) is 55.2 Å². The minimum Gasteiger partial charge on any atom is -0.367 e. The lowest BCUT2D eigenvalue weighted by atomic mass is 9.66. The fourth-order valence-corrected chi connectivity index (χ4v) is 3.29. The number of halogens is 1. The monoisotopic (exact) mass is 288 g/mol. The maximum absolute atomic E-state index is 13.3. The summed E-state index contributed by atoms with van der Waals surface area (Å²) in [7, 11) is 0. The molecule has 2 nitrogen and oxygen atoms in total. The van der Waals surface area contributed by atoms with Gasteiger partial charge in [-0.2, -0.15) is 5.26 Å². The van der Waals surface area contributed by atoms with E-state index in [0.717, 1.165) is 32.1 Å². The molecule has 1 aromatic carbocycles. The van der Waals surface area contributed by atoms with Crippen LogP contribution >= 0.6 is 0 Å². The molecule has 0 spiro atoms. The van der Waals surface area contributed by atoms with Crippen molar-refractivity contribution < 1.29 is 4.39 Å². The standard InChI is InChI=1S/C18H25FN2/c1-4-17(2,3)14-8-10-18(13-20,11-9-14)21-16-7-5-6-15(19)12-16/h5-7,12,14,21H,4,8-11H2,1-3H3. The van der Waals surface area contributed by atoms with Crippen molar-refractivity contribution in [2.24, 2.45) is 11.3 Å². The van der Waals surface area contributed by atoms with E-state index in [-0.39, 0.29) is 5.82 Å². The predicted octanol–water partition coefficient (Wildman–Crippen LogP) is 5.13. The Balaban J connectivity index is 2.07.